The Morgan fingerprint density at radius 3 is 1.79 bits per heavy atom. The minimum Gasteiger partial charge on any atom is -0.508 e. The fraction of sp³-hybridized carbons (Fsp3) is 0.0476. The van der Waals surface area contributed by atoms with Crippen molar-refractivity contribution in [3.63, 3.8) is 0 Å². The molecule has 0 saturated carbocycles. The van der Waals surface area contributed by atoms with Crippen LogP contribution >= 0.6 is 30.9 Å². The molecule has 1 fully saturated rings. The topological polar surface area (TPSA) is 116 Å². The zero-order valence-corrected chi connectivity index (χ0v) is 22.6. The molecule has 1 amide bonds. The number of benzene rings is 3. The lowest BCUT2D eigenvalue weighted by atomic mass is 10.2. The Balaban J connectivity index is 0.000000271. The van der Waals surface area contributed by atoms with Gasteiger partial charge in [0.1, 0.15) is 22.8 Å². The summed E-state index contributed by atoms with van der Waals surface area (Å²) in [6, 6.07) is 20.2. The van der Waals surface area contributed by atoms with Crippen LogP contribution in [0.15, 0.2) is 72.8 Å². The lowest BCUT2D eigenvalue weighted by Gasteiger charge is -2.40. The molecule has 3 aromatic carbocycles. The van der Waals surface area contributed by atoms with Crippen molar-refractivity contribution < 1.29 is 29.6 Å². The van der Waals surface area contributed by atoms with Gasteiger partial charge in [-0.2, -0.15) is 0 Å². The Morgan fingerprint density at radius 2 is 1.35 bits per heavy atom. The van der Waals surface area contributed by atoms with Crippen molar-refractivity contribution >= 4 is 77.2 Å². The Kier molecular flexibility index (Phi) is 8.73. The first-order valence-electron chi connectivity index (χ1n) is 9.50. The van der Waals surface area contributed by atoms with Crippen LogP contribution in [0.1, 0.15) is 10.4 Å². The third-order valence-electron chi connectivity index (χ3n) is 4.30. The van der Waals surface area contributed by atoms with Gasteiger partial charge in [-0.3, -0.25) is 0 Å². The first-order chi connectivity index (χ1) is 16.1. The maximum Gasteiger partial charge on any atom is 0.412 e. The molecule has 0 aliphatic carbocycles. The molecule has 3 aromatic rings. The van der Waals surface area contributed by atoms with E-state index in [0.29, 0.717) is 5.75 Å². The predicted octanol–water partition coefficient (Wildman–Crippen LogP) is 5.25. The lowest BCUT2D eigenvalue weighted by molar-refractivity contribution is 0.0693. The molecule has 34 heavy (non-hydrogen) atoms. The van der Waals surface area contributed by atoms with Crippen LogP contribution in [0.5, 0.6) is 17.2 Å². The van der Waals surface area contributed by atoms with Gasteiger partial charge in [0.2, 0.25) is 0 Å². The monoisotopic (exact) mass is 571 g/mol. The third kappa shape index (κ3) is 6.36. The Labute approximate surface area is 213 Å². The summed E-state index contributed by atoms with van der Waals surface area (Å²) in [6.07, 6.45) is -0.499. The fourth-order valence-corrected chi connectivity index (χ4v) is 44.9. The maximum absolute atomic E-state index is 11.2. The highest BCUT2D eigenvalue weighted by molar-refractivity contribution is 9.48. The molecule has 178 valence electrons. The number of amides is 1. The van der Waals surface area contributed by atoms with E-state index in [0.717, 1.165) is 10.6 Å². The number of carboxylic acids is 1. The number of aromatic hydroxyl groups is 2. The molecule has 0 atom stereocenters. The van der Waals surface area contributed by atoms with Crippen LogP contribution in [0, 0.1) is 0 Å². The number of phenols is 2. The molecule has 7 nitrogen and oxygen atoms in total. The molecule has 13 heteroatoms. The van der Waals surface area contributed by atoms with E-state index in [2.05, 4.69) is 5.32 Å². The van der Waals surface area contributed by atoms with Crippen LogP contribution in [-0.4, -0.2) is 34.4 Å². The van der Waals surface area contributed by atoms with Gasteiger partial charge in [-0.1, -0.05) is 57.7 Å². The summed E-state index contributed by atoms with van der Waals surface area (Å²) >= 11 is 15.1. The van der Waals surface area contributed by atoms with Gasteiger partial charge in [0.25, 0.3) is 0 Å². The summed E-state index contributed by atoms with van der Waals surface area (Å²) in [5, 5.41) is 31.3. The SMILES string of the molecule is CNC(=O)Oc1ccc(P2(=S)SP(=S)(c3ccc(O)cc3)S2)cc1.O=C(O)c1ccccc1O. The van der Waals surface area contributed by atoms with Crippen molar-refractivity contribution in [2.75, 3.05) is 7.05 Å². The van der Waals surface area contributed by atoms with Gasteiger partial charge < -0.3 is 25.4 Å². The maximum atomic E-state index is 11.2. The molecule has 1 aliphatic rings. The summed E-state index contributed by atoms with van der Waals surface area (Å²) in [4.78, 5) is 21.5. The highest BCUT2D eigenvalue weighted by Crippen LogP contribution is 3.04. The molecule has 1 aliphatic heterocycles. The second-order valence-corrected chi connectivity index (χ2v) is 27.9. The van der Waals surface area contributed by atoms with E-state index < -0.39 is 20.9 Å². The summed E-state index contributed by atoms with van der Waals surface area (Å²) < 4.78 is 1.48. The van der Waals surface area contributed by atoms with Crippen molar-refractivity contribution in [2.45, 2.75) is 0 Å². The van der Waals surface area contributed by atoms with Crippen LogP contribution in [-0.2, 0) is 23.6 Å². The van der Waals surface area contributed by atoms with E-state index in [1.54, 1.807) is 58.4 Å². The van der Waals surface area contributed by atoms with Crippen molar-refractivity contribution in [3.05, 3.63) is 78.4 Å². The summed E-state index contributed by atoms with van der Waals surface area (Å²) in [7, 11) is 1.51. The highest BCUT2D eigenvalue weighted by atomic mass is 33.7. The number of rotatable bonds is 4. The Bertz CT molecular complexity index is 1290. The molecule has 0 spiro atoms. The zero-order valence-electron chi connectivity index (χ0n) is 17.5. The highest BCUT2D eigenvalue weighted by Gasteiger charge is 2.45. The molecular weight excluding hydrogens is 552 g/mol. The molecule has 1 saturated heterocycles. The molecule has 1 heterocycles. The number of hydrogen-bond donors (Lipinski definition) is 4. The van der Waals surface area contributed by atoms with E-state index in [1.165, 1.54) is 19.2 Å². The third-order valence-corrected chi connectivity index (χ3v) is 35.5. The van der Waals surface area contributed by atoms with Crippen LogP contribution in [0.2, 0.25) is 0 Å². The second kappa shape index (κ2) is 11.2. The van der Waals surface area contributed by atoms with Gasteiger partial charge >= 0.3 is 12.1 Å². The van der Waals surface area contributed by atoms with E-state index in [-0.39, 0.29) is 17.1 Å². The fourth-order valence-electron chi connectivity index (χ4n) is 2.62. The minimum absolute atomic E-state index is 0.0671. The number of ether oxygens (including phenoxy) is 1. The van der Waals surface area contributed by atoms with Gasteiger partial charge in [-0.15, -0.1) is 0 Å². The Hall–Kier alpha value is -2.00. The number of hydrogen-bond acceptors (Lipinski definition) is 9. The normalized spacial score (nSPS) is 20.7. The first kappa shape index (κ1) is 26.6. The number of para-hydroxylation sites is 1. The first-order valence-corrected chi connectivity index (χ1v) is 19.2. The quantitative estimate of drug-likeness (QED) is 0.310. The summed E-state index contributed by atoms with van der Waals surface area (Å²) in [5.41, 5.74) is -0.0671. The summed E-state index contributed by atoms with van der Waals surface area (Å²) in [6.45, 7) is 0. The Morgan fingerprint density at radius 1 is 0.853 bits per heavy atom. The standard InChI is InChI=1S/C14H13NO3P2S4.C7H6O3/c1-15-14(17)18-11-4-8-13(9-5-11)20(22)23-19(21,24-20)12-6-2-10(16)3-7-12;8-6-4-2-1-3-5(6)7(9)10/h2-9,16H,1H3,(H,15,17);1-4,8H,(H,9,10). The van der Waals surface area contributed by atoms with E-state index in [4.69, 9.17) is 38.6 Å². The van der Waals surface area contributed by atoms with Crippen LogP contribution in [0.4, 0.5) is 4.79 Å². The number of carbonyl (C=O) groups excluding carboxylic acids is 1. The number of carbonyl (C=O) groups is 2. The molecule has 0 radical (unpaired) electrons. The summed E-state index contributed by atoms with van der Waals surface area (Å²) in [5.74, 6) is -0.594. The van der Waals surface area contributed by atoms with Crippen molar-refractivity contribution in [1.82, 2.24) is 5.32 Å². The smallest absolute Gasteiger partial charge is 0.412 e. The van der Waals surface area contributed by atoms with E-state index >= 15 is 0 Å². The average Bonchev–Trinajstić information content (AvgIpc) is 2.79. The molecule has 0 aromatic heterocycles. The van der Waals surface area contributed by atoms with Crippen LogP contribution in [0.3, 0.4) is 0 Å². The predicted molar refractivity (Wildman–Crippen MR) is 148 cm³/mol. The second-order valence-electron chi connectivity index (χ2n) is 6.63. The number of phenolic OH excluding ortho intramolecular Hbond substituents is 1. The van der Waals surface area contributed by atoms with Gasteiger partial charge in [0.05, 0.1) is 8.88 Å². The van der Waals surface area contributed by atoms with E-state index in [1.807, 2.05) is 24.3 Å². The van der Waals surface area contributed by atoms with Gasteiger partial charge in [0, 0.05) is 17.7 Å². The van der Waals surface area contributed by atoms with Gasteiger partial charge in [0.15, 0.2) is 0 Å². The molecule has 0 unspecified atom stereocenters. The lowest BCUT2D eigenvalue weighted by Crippen LogP contribution is -2.22. The number of nitrogens with one attached hydrogen (secondary N) is 1. The van der Waals surface area contributed by atoms with Crippen molar-refractivity contribution in [3.8, 4) is 17.2 Å². The molecule has 0 bridgehead atoms. The van der Waals surface area contributed by atoms with Crippen LogP contribution < -0.4 is 20.7 Å². The molecule has 4 N–H and O–H groups in total. The van der Waals surface area contributed by atoms with E-state index in [9.17, 15) is 14.7 Å². The van der Waals surface area contributed by atoms with Gasteiger partial charge in [-0.25, -0.2) is 9.59 Å². The van der Waals surface area contributed by atoms with Crippen molar-refractivity contribution in [2.24, 2.45) is 0 Å². The molecular formula is C21H19NO6P2S4. The number of aromatic carboxylic acids is 1. The molecule has 4 rings (SSSR count). The minimum atomic E-state index is -1.81. The average molecular weight is 572 g/mol. The number of carboxylic acid groups (broad SMARTS) is 1. The largest absolute Gasteiger partial charge is 0.508 e. The van der Waals surface area contributed by atoms with Crippen LogP contribution in [0.25, 0.3) is 0 Å². The van der Waals surface area contributed by atoms with Crippen molar-refractivity contribution in [1.29, 1.82) is 0 Å². The van der Waals surface area contributed by atoms with Gasteiger partial charge in [-0.05, 0) is 60.7 Å². The zero-order chi connectivity index (χ0) is 24.9.